The Balaban J connectivity index is 2.17. The number of hydrogen-bond acceptors (Lipinski definition) is 3. The third-order valence-corrected chi connectivity index (χ3v) is 3.18. The van der Waals surface area contributed by atoms with Gasteiger partial charge in [-0.05, 0) is 48.5 Å². The Kier molecular flexibility index (Phi) is 5.59. The van der Waals surface area contributed by atoms with Gasteiger partial charge in [0.1, 0.15) is 11.5 Å². The summed E-state index contributed by atoms with van der Waals surface area (Å²) >= 11 is 0. The molecule has 2 rings (SSSR count). The van der Waals surface area contributed by atoms with Crippen molar-refractivity contribution in [2.24, 2.45) is 0 Å². The summed E-state index contributed by atoms with van der Waals surface area (Å²) in [6.45, 7) is 0. The van der Waals surface area contributed by atoms with Crippen LogP contribution in [0.4, 0.5) is 18.9 Å². The largest absolute Gasteiger partial charge is 0.497 e. The number of methoxy groups -OCH3 is 2. The van der Waals surface area contributed by atoms with Gasteiger partial charge in [-0.25, -0.2) is 0 Å². The number of hydrogen-bond donors (Lipinski definition) is 1. The van der Waals surface area contributed by atoms with E-state index in [9.17, 15) is 13.2 Å². The summed E-state index contributed by atoms with van der Waals surface area (Å²) in [5.41, 5.74) is 0.781. The van der Waals surface area contributed by atoms with Crippen LogP contribution in [0.5, 0.6) is 11.5 Å². The van der Waals surface area contributed by atoms with Crippen molar-refractivity contribution in [1.82, 2.24) is 0 Å². The molecule has 2 aromatic carbocycles. The monoisotopic (exact) mass is 335 g/mol. The van der Waals surface area contributed by atoms with E-state index in [1.54, 1.807) is 36.4 Å². The van der Waals surface area contributed by atoms with Crippen molar-refractivity contribution in [2.45, 2.75) is 12.2 Å². The molecule has 0 bridgehead atoms. The fourth-order valence-corrected chi connectivity index (χ4v) is 1.88. The highest BCUT2D eigenvalue weighted by molar-refractivity contribution is 5.50. The lowest BCUT2D eigenvalue weighted by Crippen LogP contribution is -2.34. The molecule has 1 atom stereocenters. The number of benzene rings is 2. The van der Waals surface area contributed by atoms with Gasteiger partial charge in [-0.15, -0.1) is 0 Å². The number of rotatable bonds is 4. The first kappa shape index (κ1) is 17.5. The predicted octanol–water partition coefficient (Wildman–Crippen LogP) is 4.10. The Morgan fingerprint density at radius 2 is 1.38 bits per heavy atom. The minimum Gasteiger partial charge on any atom is -0.497 e. The molecule has 0 saturated carbocycles. The highest BCUT2D eigenvalue weighted by Gasteiger charge is 2.38. The Hall–Kier alpha value is -2.81. The van der Waals surface area contributed by atoms with E-state index in [1.807, 2.05) is 0 Å². The van der Waals surface area contributed by atoms with Crippen LogP contribution in [-0.4, -0.2) is 26.4 Å². The second-order valence-corrected chi connectivity index (χ2v) is 4.85. The van der Waals surface area contributed by atoms with E-state index >= 15 is 0 Å². The van der Waals surface area contributed by atoms with Crippen LogP contribution in [0.15, 0.2) is 48.5 Å². The molecule has 2 aromatic rings. The predicted molar refractivity (Wildman–Crippen MR) is 86.3 cm³/mol. The van der Waals surface area contributed by atoms with Gasteiger partial charge in [-0.2, -0.15) is 13.2 Å². The quantitative estimate of drug-likeness (QED) is 0.854. The number of alkyl halides is 3. The Morgan fingerprint density at radius 1 is 0.875 bits per heavy atom. The zero-order valence-electron chi connectivity index (χ0n) is 13.1. The van der Waals surface area contributed by atoms with Crippen molar-refractivity contribution in [3.63, 3.8) is 0 Å². The first-order valence-electron chi connectivity index (χ1n) is 7.05. The molecule has 24 heavy (non-hydrogen) atoms. The summed E-state index contributed by atoms with van der Waals surface area (Å²) in [4.78, 5) is 0. The maximum Gasteiger partial charge on any atom is 0.420 e. The highest BCUT2D eigenvalue weighted by Crippen LogP contribution is 2.24. The van der Waals surface area contributed by atoms with Gasteiger partial charge >= 0.3 is 6.18 Å². The molecule has 0 fully saturated rings. The van der Waals surface area contributed by atoms with Crippen LogP contribution in [0, 0.1) is 11.8 Å². The van der Waals surface area contributed by atoms with E-state index in [0.29, 0.717) is 22.7 Å². The molecule has 0 saturated heterocycles. The maximum absolute atomic E-state index is 13.2. The smallest absolute Gasteiger partial charge is 0.420 e. The van der Waals surface area contributed by atoms with Crippen molar-refractivity contribution < 1.29 is 22.6 Å². The lowest BCUT2D eigenvalue weighted by atomic mass is 10.2. The first-order chi connectivity index (χ1) is 11.4. The van der Waals surface area contributed by atoms with Crippen LogP contribution < -0.4 is 14.8 Å². The number of anilines is 1. The van der Waals surface area contributed by atoms with E-state index in [4.69, 9.17) is 9.47 Å². The second-order valence-electron chi connectivity index (χ2n) is 4.85. The number of halogens is 3. The van der Waals surface area contributed by atoms with Gasteiger partial charge in [0.25, 0.3) is 0 Å². The van der Waals surface area contributed by atoms with E-state index < -0.39 is 12.2 Å². The molecular weight excluding hydrogens is 319 g/mol. The lowest BCUT2D eigenvalue weighted by molar-refractivity contribution is -0.130. The van der Waals surface area contributed by atoms with Crippen LogP contribution in [0.1, 0.15) is 5.56 Å². The average Bonchev–Trinajstić information content (AvgIpc) is 2.58. The van der Waals surface area contributed by atoms with Crippen molar-refractivity contribution >= 4 is 5.69 Å². The highest BCUT2D eigenvalue weighted by atomic mass is 19.4. The van der Waals surface area contributed by atoms with Gasteiger partial charge in [0.05, 0.1) is 14.2 Å². The van der Waals surface area contributed by atoms with Crippen LogP contribution in [0.25, 0.3) is 0 Å². The van der Waals surface area contributed by atoms with E-state index in [-0.39, 0.29) is 0 Å². The Morgan fingerprint density at radius 3 is 1.83 bits per heavy atom. The first-order valence-corrected chi connectivity index (χ1v) is 7.05. The molecule has 1 N–H and O–H groups in total. The molecule has 0 aliphatic heterocycles. The minimum absolute atomic E-state index is 0.308. The van der Waals surface area contributed by atoms with Gasteiger partial charge in [-0.1, -0.05) is 11.8 Å². The topological polar surface area (TPSA) is 30.5 Å². The molecule has 0 unspecified atom stereocenters. The van der Waals surface area contributed by atoms with Gasteiger partial charge in [0.15, 0.2) is 6.04 Å². The van der Waals surface area contributed by atoms with Crippen LogP contribution >= 0.6 is 0 Å². The number of nitrogens with one attached hydrogen (secondary N) is 1. The minimum atomic E-state index is -4.50. The van der Waals surface area contributed by atoms with Gasteiger partial charge in [0, 0.05) is 11.3 Å². The molecule has 0 radical (unpaired) electrons. The fraction of sp³-hybridized carbons (Fsp3) is 0.222. The Bertz CT molecular complexity index is 713. The summed E-state index contributed by atoms with van der Waals surface area (Å²) in [6, 6.07) is 10.7. The van der Waals surface area contributed by atoms with Gasteiger partial charge in [-0.3, -0.25) is 0 Å². The van der Waals surface area contributed by atoms with Crippen LogP contribution in [-0.2, 0) is 0 Å². The fourth-order valence-electron chi connectivity index (χ4n) is 1.88. The molecule has 0 spiro atoms. The van der Waals surface area contributed by atoms with Crippen LogP contribution in [0.3, 0.4) is 0 Å². The average molecular weight is 335 g/mol. The van der Waals surface area contributed by atoms with Crippen molar-refractivity contribution in [2.75, 3.05) is 19.5 Å². The second kappa shape index (κ2) is 7.64. The van der Waals surface area contributed by atoms with Crippen LogP contribution in [0.2, 0.25) is 0 Å². The maximum atomic E-state index is 13.2. The van der Waals surface area contributed by atoms with E-state index in [2.05, 4.69) is 17.2 Å². The molecule has 3 nitrogen and oxygen atoms in total. The summed E-state index contributed by atoms with van der Waals surface area (Å²) in [5.74, 6) is 5.94. The lowest BCUT2D eigenvalue weighted by Gasteiger charge is -2.17. The molecule has 6 heteroatoms. The zero-order chi connectivity index (χ0) is 17.6. The molecule has 126 valence electrons. The van der Waals surface area contributed by atoms with Crippen molar-refractivity contribution in [3.05, 3.63) is 54.1 Å². The molecule has 0 aliphatic rings. The number of ether oxygens (including phenoxy) is 2. The SMILES string of the molecule is COc1ccc(C#C[C@@H](Nc2ccc(OC)cc2)C(F)(F)F)cc1. The molecule has 0 aromatic heterocycles. The van der Waals surface area contributed by atoms with Crippen molar-refractivity contribution in [1.29, 1.82) is 0 Å². The van der Waals surface area contributed by atoms with Gasteiger partial charge in [0.2, 0.25) is 0 Å². The van der Waals surface area contributed by atoms with Crippen molar-refractivity contribution in [3.8, 4) is 23.3 Å². The van der Waals surface area contributed by atoms with Gasteiger partial charge < -0.3 is 14.8 Å². The third-order valence-electron chi connectivity index (χ3n) is 3.18. The molecule has 0 heterocycles. The summed E-state index contributed by atoms with van der Waals surface area (Å²) in [7, 11) is 3.00. The third kappa shape index (κ3) is 4.85. The molecule has 0 aliphatic carbocycles. The molecular formula is C18H16F3NO2. The van der Waals surface area contributed by atoms with E-state index in [1.165, 1.54) is 26.4 Å². The summed E-state index contributed by atoms with van der Waals surface area (Å²) in [5, 5.41) is 2.38. The molecule has 0 amide bonds. The van der Waals surface area contributed by atoms with E-state index in [0.717, 1.165) is 0 Å². The Labute approximate surface area is 138 Å². The summed E-state index contributed by atoms with van der Waals surface area (Å²) < 4.78 is 49.5. The standard InChI is InChI=1S/C18H16F3NO2/c1-23-15-8-3-13(4-9-15)5-12-17(18(19,20)21)22-14-6-10-16(24-2)11-7-14/h3-4,6-11,17,22H,1-2H3/t17-/m1/s1. The summed E-state index contributed by atoms with van der Waals surface area (Å²) in [6.07, 6.45) is -4.50. The zero-order valence-corrected chi connectivity index (χ0v) is 13.1. The normalized spacial score (nSPS) is 11.9.